The number of aryl methyl sites for hydroxylation is 2. The monoisotopic (exact) mass is 576 g/mol. The van der Waals surface area contributed by atoms with Crippen molar-refractivity contribution in [2.45, 2.75) is 145 Å². The molecular weight excluding hydrogens is 524 g/mol. The third-order valence-corrected chi connectivity index (χ3v) is 12.5. The van der Waals surface area contributed by atoms with Gasteiger partial charge in [0.05, 0.1) is 16.2 Å². The number of fused-ring (bicyclic) bond motifs is 14. The summed E-state index contributed by atoms with van der Waals surface area (Å²) in [4.78, 5) is 16.3. The summed E-state index contributed by atoms with van der Waals surface area (Å²) in [5.74, 6) is 0. The van der Waals surface area contributed by atoms with Crippen LogP contribution in [0.3, 0.4) is 0 Å². The van der Waals surface area contributed by atoms with E-state index in [1.54, 1.807) is 0 Å². The van der Waals surface area contributed by atoms with Crippen LogP contribution in [0, 0.1) is 0 Å². The van der Waals surface area contributed by atoms with Crippen molar-refractivity contribution in [3.05, 3.63) is 94.1 Å². The zero-order valence-electron chi connectivity index (χ0n) is 26.3. The zero-order valence-corrected chi connectivity index (χ0v) is 26.3. The smallest absolute Gasteiger partial charge is 0.0503 e. The van der Waals surface area contributed by atoms with Crippen LogP contribution >= 0.6 is 0 Å². The molecule has 0 amide bonds. The van der Waals surface area contributed by atoms with Gasteiger partial charge in [-0.05, 0) is 113 Å². The quantitative estimate of drug-likeness (QED) is 0.161. The Morgan fingerprint density at radius 1 is 0.302 bits per heavy atom. The maximum Gasteiger partial charge on any atom is 0.0503 e. The highest BCUT2D eigenvalue weighted by Gasteiger charge is 2.44. The first kappa shape index (κ1) is 27.7. The molecule has 0 atom stereocenters. The third kappa shape index (κ3) is 4.70. The van der Waals surface area contributed by atoms with E-state index < -0.39 is 0 Å². The van der Waals surface area contributed by atoms with E-state index in [-0.39, 0.29) is 16.2 Å². The average molecular weight is 577 g/mol. The summed E-state index contributed by atoms with van der Waals surface area (Å²) in [5, 5.41) is 0. The molecule has 4 aliphatic rings. The van der Waals surface area contributed by atoms with Gasteiger partial charge in [-0.25, -0.2) is 0 Å². The van der Waals surface area contributed by atoms with Gasteiger partial charge in [-0.1, -0.05) is 64.2 Å². The van der Waals surface area contributed by atoms with Gasteiger partial charge in [0.2, 0.25) is 0 Å². The molecule has 43 heavy (non-hydrogen) atoms. The van der Waals surface area contributed by atoms with Crippen molar-refractivity contribution in [3.63, 3.8) is 0 Å². The van der Waals surface area contributed by atoms with E-state index in [9.17, 15) is 0 Å². The summed E-state index contributed by atoms with van der Waals surface area (Å²) in [7, 11) is 0. The lowest BCUT2D eigenvalue weighted by molar-refractivity contribution is 0.315. The molecule has 228 valence electrons. The summed E-state index contributed by atoms with van der Waals surface area (Å²) < 4.78 is 0. The van der Waals surface area contributed by atoms with Crippen LogP contribution in [0.1, 0.15) is 161 Å². The maximum atomic E-state index is 4.18. The van der Waals surface area contributed by atoms with E-state index in [1.807, 2.05) is 0 Å². The Morgan fingerprint density at radius 3 is 0.930 bits per heavy atom. The van der Waals surface area contributed by atoms with Gasteiger partial charge in [0.1, 0.15) is 0 Å². The molecule has 0 radical (unpaired) electrons. The first-order valence-corrected chi connectivity index (χ1v) is 18.0. The van der Waals surface area contributed by atoms with Crippen molar-refractivity contribution >= 4 is 0 Å². The molecule has 4 N–H and O–H groups in total. The predicted molar refractivity (Wildman–Crippen MR) is 176 cm³/mol. The number of aromatic amines is 4. The Balaban J connectivity index is 1.26. The molecule has 8 bridgehead atoms. The standard InChI is InChI=1S/C39H52N4/c1-5-13-29-15-17-31(40-29)37(23-7-2-8-24-37)33-19-21-35(42-33)39(27-11-4-12-28-39)36-22-20-34(43-36)38(25-9-3-10-26-38)32-18-16-30(41-32)14-6-1/h15-22,40-43H,1-14,23-28H2. The lowest BCUT2D eigenvalue weighted by Crippen LogP contribution is -2.34. The minimum Gasteiger partial charge on any atom is -0.361 e. The van der Waals surface area contributed by atoms with Crippen molar-refractivity contribution in [1.29, 1.82) is 0 Å². The Hall–Kier alpha value is -2.88. The summed E-state index contributed by atoms with van der Waals surface area (Å²) in [6, 6.07) is 19.6. The van der Waals surface area contributed by atoms with Gasteiger partial charge in [-0.3, -0.25) is 0 Å². The van der Waals surface area contributed by atoms with Gasteiger partial charge in [0, 0.05) is 45.6 Å². The van der Waals surface area contributed by atoms with E-state index in [4.69, 9.17) is 0 Å². The fourth-order valence-electron chi connectivity index (χ4n) is 9.96. The van der Waals surface area contributed by atoms with Crippen LogP contribution in [0.4, 0.5) is 0 Å². The number of nitrogens with one attached hydrogen (secondary N) is 4. The summed E-state index contributed by atoms with van der Waals surface area (Å²) in [5.41, 5.74) is 11.7. The molecule has 3 aliphatic carbocycles. The Labute approximate surface area is 258 Å². The minimum atomic E-state index is 0.0447. The lowest BCUT2D eigenvalue weighted by Gasteiger charge is -2.39. The van der Waals surface area contributed by atoms with Gasteiger partial charge in [-0.15, -0.1) is 0 Å². The summed E-state index contributed by atoms with van der Waals surface area (Å²) in [6.07, 6.45) is 25.5. The number of aromatic nitrogens is 4. The molecule has 1 aliphatic heterocycles. The van der Waals surface area contributed by atoms with Gasteiger partial charge in [0.15, 0.2) is 0 Å². The molecule has 3 spiro atoms. The van der Waals surface area contributed by atoms with E-state index in [0.717, 1.165) is 12.8 Å². The molecule has 3 saturated carbocycles. The normalized spacial score (nSPS) is 23.4. The van der Waals surface area contributed by atoms with E-state index in [1.165, 1.54) is 161 Å². The first-order valence-electron chi connectivity index (χ1n) is 18.0. The topological polar surface area (TPSA) is 63.2 Å². The van der Waals surface area contributed by atoms with E-state index in [2.05, 4.69) is 68.5 Å². The fraction of sp³-hybridized carbons (Fsp3) is 0.590. The molecule has 4 heteroatoms. The van der Waals surface area contributed by atoms with Crippen molar-refractivity contribution in [3.8, 4) is 0 Å². The number of hydrogen-bond acceptors (Lipinski definition) is 0. The Morgan fingerprint density at radius 2 is 0.581 bits per heavy atom. The van der Waals surface area contributed by atoms with Crippen LogP contribution < -0.4 is 0 Å². The third-order valence-electron chi connectivity index (χ3n) is 12.5. The van der Waals surface area contributed by atoms with Gasteiger partial charge in [0.25, 0.3) is 0 Å². The second kappa shape index (κ2) is 11.2. The molecular formula is C39H52N4. The molecule has 4 nitrogen and oxygen atoms in total. The van der Waals surface area contributed by atoms with Crippen LogP contribution in [0.25, 0.3) is 0 Å². The van der Waals surface area contributed by atoms with Crippen LogP contribution in [-0.4, -0.2) is 19.9 Å². The molecule has 0 aromatic carbocycles. The molecule has 4 aromatic heterocycles. The predicted octanol–water partition coefficient (Wildman–Crippen LogP) is 10.0. The number of H-pyrrole nitrogens is 4. The highest BCUT2D eigenvalue weighted by Crippen LogP contribution is 2.50. The van der Waals surface area contributed by atoms with Crippen LogP contribution in [0.5, 0.6) is 0 Å². The lowest BCUT2D eigenvalue weighted by atomic mass is 9.69. The van der Waals surface area contributed by atoms with E-state index in [0.29, 0.717) is 0 Å². The number of rotatable bonds is 0. The summed E-state index contributed by atoms with van der Waals surface area (Å²) >= 11 is 0. The average Bonchev–Trinajstić information content (AvgIpc) is 3.89. The second-order valence-electron chi connectivity index (χ2n) is 14.9. The Bertz CT molecular complexity index is 1400. The fourth-order valence-corrected chi connectivity index (χ4v) is 9.96. The molecule has 0 unspecified atom stereocenters. The van der Waals surface area contributed by atoms with Crippen molar-refractivity contribution < 1.29 is 0 Å². The minimum absolute atomic E-state index is 0.0447. The second-order valence-corrected chi connectivity index (χ2v) is 14.9. The maximum absolute atomic E-state index is 4.18. The van der Waals surface area contributed by atoms with E-state index >= 15 is 0 Å². The van der Waals surface area contributed by atoms with Crippen LogP contribution in [0.2, 0.25) is 0 Å². The first-order chi connectivity index (χ1) is 21.2. The van der Waals surface area contributed by atoms with Crippen molar-refractivity contribution in [2.75, 3.05) is 0 Å². The van der Waals surface area contributed by atoms with Crippen molar-refractivity contribution in [2.24, 2.45) is 0 Å². The molecule has 5 heterocycles. The highest BCUT2D eigenvalue weighted by molar-refractivity contribution is 5.43. The van der Waals surface area contributed by atoms with Gasteiger partial charge < -0.3 is 19.9 Å². The molecule has 0 saturated heterocycles. The number of hydrogen-bond donors (Lipinski definition) is 4. The van der Waals surface area contributed by atoms with Crippen LogP contribution in [-0.2, 0) is 29.1 Å². The largest absolute Gasteiger partial charge is 0.361 e. The van der Waals surface area contributed by atoms with Crippen molar-refractivity contribution in [1.82, 2.24) is 19.9 Å². The Kier molecular flexibility index (Phi) is 7.23. The summed E-state index contributed by atoms with van der Waals surface area (Å²) in [6.45, 7) is 0. The zero-order chi connectivity index (χ0) is 28.7. The SMILES string of the molecule is c1cc2[nH]c1CCCCCc1ccc([nH]1)C1(CCCCC1)c1ccc([nH]1)C1(CCCCC1)c1ccc([nH]1)C21CCCCC1. The molecule has 8 rings (SSSR count). The van der Waals surface area contributed by atoms with Crippen LogP contribution in [0.15, 0.2) is 48.5 Å². The molecule has 4 aromatic rings. The van der Waals surface area contributed by atoms with Gasteiger partial charge >= 0.3 is 0 Å². The van der Waals surface area contributed by atoms with Gasteiger partial charge in [-0.2, -0.15) is 0 Å². The molecule has 3 fully saturated rings. The highest BCUT2D eigenvalue weighted by atomic mass is 14.9.